The summed E-state index contributed by atoms with van der Waals surface area (Å²) in [5, 5.41) is 4.94. The highest BCUT2D eigenvalue weighted by molar-refractivity contribution is 7.99. The molecule has 10 aromatic rings. The lowest BCUT2D eigenvalue weighted by atomic mass is 9.62. The highest BCUT2D eigenvalue weighted by Crippen LogP contribution is 2.62. The van der Waals surface area contributed by atoms with Crippen LogP contribution in [0.2, 0.25) is 0 Å². The van der Waals surface area contributed by atoms with Crippen molar-refractivity contribution in [2.75, 3.05) is 0 Å². The molecule has 272 valence electrons. The minimum absolute atomic E-state index is 0.593. The van der Waals surface area contributed by atoms with Crippen molar-refractivity contribution in [2.24, 2.45) is 0 Å². The Morgan fingerprint density at radius 1 is 0.517 bits per heavy atom. The molecule has 2 aliphatic heterocycles. The maximum absolute atomic E-state index is 5.48. The van der Waals surface area contributed by atoms with Gasteiger partial charge in [0, 0.05) is 36.9 Å². The standard InChI is InChI=1S/C53H34N4S/c1-3-16-33(17-4-1)43-32-44(34-18-5-2-6-19-34)55-52(54-43)57-46-27-12-8-21-36(46)38-30-31-42-51(50(38)57)58-48-29-14-10-24-40(48)53(42)39-23-9-13-28-47(39)56-45-26-11-7-20-35(45)37-22-15-25-41(53)49(37)56/h1-5,7-18,20-32H,6,19H2. The van der Waals surface area contributed by atoms with Crippen molar-refractivity contribution in [2.45, 2.75) is 28.0 Å². The number of fused-ring (bicyclic) bond motifs is 15. The Morgan fingerprint density at radius 3 is 2.02 bits per heavy atom. The van der Waals surface area contributed by atoms with Gasteiger partial charge in [-0.05, 0) is 71.0 Å². The number of aromatic nitrogens is 4. The summed E-state index contributed by atoms with van der Waals surface area (Å²) < 4.78 is 4.87. The molecule has 0 radical (unpaired) electrons. The van der Waals surface area contributed by atoms with Crippen LogP contribution in [0.1, 0.15) is 40.8 Å². The zero-order chi connectivity index (χ0) is 38.0. The third-order valence-electron chi connectivity index (χ3n) is 12.7. The Bertz CT molecular complexity index is 3440. The summed E-state index contributed by atoms with van der Waals surface area (Å²) in [6.45, 7) is 0. The van der Waals surface area contributed by atoms with Crippen molar-refractivity contribution in [1.82, 2.24) is 19.1 Å². The van der Waals surface area contributed by atoms with Gasteiger partial charge in [-0.15, -0.1) is 0 Å². The van der Waals surface area contributed by atoms with Crippen LogP contribution in [0.5, 0.6) is 0 Å². The molecule has 0 saturated heterocycles. The van der Waals surface area contributed by atoms with Crippen molar-refractivity contribution in [3.8, 4) is 22.9 Å². The second-order valence-corrected chi connectivity index (χ2v) is 16.6. The van der Waals surface area contributed by atoms with E-state index < -0.39 is 5.41 Å². The Labute approximate surface area is 339 Å². The second-order valence-electron chi connectivity index (χ2n) is 15.6. The summed E-state index contributed by atoms with van der Waals surface area (Å²) in [6, 6.07) is 60.3. The number of hydrogen-bond acceptors (Lipinski definition) is 3. The van der Waals surface area contributed by atoms with E-state index in [0.29, 0.717) is 5.95 Å². The number of benzene rings is 7. The van der Waals surface area contributed by atoms with Crippen LogP contribution in [0.15, 0.2) is 192 Å². The van der Waals surface area contributed by atoms with Gasteiger partial charge in [0.15, 0.2) is 0 Å². The van der Waals surface area contributed by atoms with E-state index in [4.69, 9.17) is 9.97 Å². The van der Waals surface area contributed by atoms with Crippen molar-refractivity contribution in [1.29, 1.82) is 0 Å². The molecule has 3 aliphatic rings. The van der Waals surface area contributed by atoms with Gasteiger partial charge in [0.1, 0.15) is 0 Å². The van der Waals surface area contributed by atoms with Gasteiger partial charge in [-0.2, -0.15) is 0 Å². The van der Waals surface area contributed by atoms with Gasteiger partial charge in [0.05, 0.1) is 44.6 Å². The Morgan fingerprint density at radius 2 is 1.19 bits per heavy atom. The first-order valence-corrected chi connectivity index (χ1v) is 20.9. The van der Waals surface area contributed by atoms with E-state index in [2.05, 4.69) is 191 Å². The first-order chi connectivity index (χ1) is 28.8. The van der Waals surface area contributed by atoms with Crippen LogP contribution in [0.25, 0.3) is 72.1 Å². The maximum atomic E-state index is 5.48. The van der Waals surface area contributed by atoms with Gasteiger partial charge in [-0.3, -0.25) is 4.57 Å². The van der Waals surface area contributed by atoms with Crippen LogP contribution in [-0.2, 0) is 5.41 Å². The molecule has 4 nitrogen and oxygen atoms in total. The van der Waals surface area contributed by atoms with E-state index in [1.54, 1.807) is 0 Å². The summed E-state index contributed by atoms with van der Waals surface area (Å²) in [5.74, 6) is 0.686. The minimum Gasteiger partial charge on any atom is -0.309 e. The van der Waals surface area contributed by atoms with Gasteiger partial charge in [0.25, 0.3) is 0 Å². The number of rotatable bonds is 3. The fraction of sp³-hybridized carbons (Fsp3) is 0.0566. The smallest absolute Gasteiger partial charge is 0.235 e. The molecule has 5 heterocycles. The Kier molecular flexibility index (Phi) is 6.67. The van der Waals surface area contributed by atoms with Crippen molar-refractivity contribution < 1.29 is 0 Å². The Hall–Kier alpha value is -6.95. The zero-order valence-electron chi connectivity index (χ0n) is 31.4. The van der Waals surface area contributed by atoms with Gasteiger partial charge >= 0.3 is 0 Å². The second kappa shape index (κ2) is 12.0. The first-order valence-electron chi connectivity index (χ1n) is 20.1. The lowest BCUT2D eigenvalue weighted by molar-refractivity contribution is 0.691. The largest absolute Gasteiger partial charge is 0.309 e. The fourth-order valence-electron chi connectivity index (χ4n) is 10.3. The van der Waals surface area contributed by atoms with Crippen LogP contribution < -0.4 is 0 Å². The molecule has 1 atom stereocenters. The van der Waals surface area contributed by atoms with Crippen LogP contribution >= 0.6 is 11.8 Å². The van der Waals surface area contributed by atoms with Gasteiger partial charge < -0.3 is 4.57 Å². The van der Waals surface area contributed by atoms with E-state index in [9.17, 15) is 0 Å². The summed E-state index contributed by atoms with van der Waals surface area (Å²) >= 11 is 1.88. The normalized spacial score (nSPS) is 16.5. The molecule has 58 heavy (non-hydrogen) atoms. The summed E-state index contributed by atoms with van der Waals surface area (Å²) in [4.78, 5) is 13.4. The van der Waals surface area contributed by atoms with E-state index in [0.717, 1.165) is 40.8 Å². The third kappa shape index (κ3) is 4.21. The zero-order valence-corrected chi connectivity index (χ0v) is 32.2. The van der Waals surface area contributed by atoms with Crippen LogP contribution in [0.3, 0.4) is 0 Å². The quantitative estimate of drug-likeness (QED) is 0.180. The van der Waals surface area contributed by atoms with Crippen LogP contribution in [0, 0.1) is 0 Å². The summed E-state index contributed by atoms with van der Waals surface area (Å²) in [6.07, 6.45) is 8.56. The third-order valence-corrected chi connectivity index (χ3v) is 13.9. The topological polar surface area (TPSA) is 35.6 Å². The molecule has 0 N–H and O–H groups in total. The van der Waals surface area contributed by atoms with Crippen LogP contribution in [-0.4, -0.2) is 19.1 Å². The molecule has 5 heteroatoms. The SMILES string of the molecule is C1=CCCC(c2cc(-c3ccccc3)nc(-n3c4ccccc4c4ccc5c(c43)Sc3ccccc3C53c4ccccc4-n4c5ccccc5c5cccc3c54)n2)=C1. The first kappa shape index (κ1) is 32.2. The Balaban J connectivity index is 1.19. The lowest BCUT2D eigenvalue weighted by Gasteiger charge is -2.45. The molecule has 0 saturated carbocycles. The molecular formula is C53H34N4S. The molecule has 7 aromatic carbocycles. The fourth-order valence-corrected chi connectivity index (χ4v) is 11.6. The predicted molar refractivity (Wildman–Crippen MR) is 238 cm³/mol. The average molecular weight is 759 g/mol. The van der Waals surface area contributed by atoms with Gasteiger partial charge in [-0.25, -0.2) is 9.97 Å². The van der Waals surface area contributed by atoms with E-state index in [1.807, 2.05) is 11.8 Å². The van der Waals surface area contributed by atoms with E-state index in [1.165, 1.54) is 75.9 Å². The number of allylic oxidation sites excluding steroid dienone is 4. The molecule has 13 rings (SSSR count). The molecule has 1 spiro atoms. The summed E-state index contributed by atoms with van der Waals surface area (Å²) in [7, 11) is 0. The van der Waals surface area contributed by atoms with Crippen molar-refractivity contribution in [3.63, 3.8) is 0 Å². The van der Waals surface area contributed by atoms with Gasteiger partial charge in [0.2, 0.25) is 5.95 Å². The lowest BCUT2D eigenvalue weighted by Crippen LogP contribution is -2.37. The van der Waals surface area contributed by atoms with E-state index in [-0.39, 0.29) is 0 Å². The maximum Gasteiger partial charge on any atom is 0.235 e. The summed E-state index contributed by atoms with van der Waals surface area (Å²) in [5.41, 5.74) is 14.8. The van der Waals surface area contributed by atoms with Crippen molar-refractivity contribution >= 4 is 60.9 Å². The monoisotopic (exact) mass is 758 g/mol. The number of nitrogens with zero attached hydrogens (tertiary/aromatic N) is 4. The highest BCUT2D eigenvalue weighted by atomic mass is 32.2. The molecule has 0 fully saturated rings. The molecule has 3 aromatic heterocycles. The molecule has 0 amide bonds. The number of hydrogen-bond donors (Lipinski definition) is 0. The number of para-hydroxylation sites is 4. The highest BCUT2D eigenvalue weighted by Gasteiger charge is 2.50. The van der Waals surface area contributed by atoms with E-state index >= 15 is 0 Å². The molecule has 0 bridgehead atoms. The molecular weight excluding hydrogens is 725 g/mol. The molecule has 1 unspecified atom stereocenters. The average Bonchev–Trinajstić information content (AvgIpc) is 3.82. The van der Waals surface area contributed by atoms with Gasteiger partial charge in [-0.1, -0.05) is 163 Å². The van der Waals surface area contributed by atoms with Crippen LogP contribution in [0.4, 0.5) is 0 Å². The molecule has 1 aliphatic carbocycles. The predicted octanol–water partition coefficient (Wildman–Crippen LogP) is 13.2. The minimum atomic E-state index is -0.593. The van der Waals surface area contributed by atoms with Crippen molar-refractivity contribution in [3.05, 3.63) is 210 Å².